The first-order chi connectivity index (χ1) is 12.5. The van der Waals surface area contributed by atoms with Crippen LogP contribution in [-0.4, -0.2) is 34.2 Å². The van der Waals surface area contributed by atoms with Crippen molar-refractivity contribution >= 4 is 21.5 Å². The van der Waals surface area contributed by atoms with Crippen LogP contribution >= 0.6 is 0 Å². The maximum Gasteiger partial charge on any atom is 0.263 e. The number of ether oxygens (including phenoxy) is 2. The highest BCUT2D eigenvalue weighted by molar-refractivity contribution is 7.92. The van der Waals surface area contributed by atoms with Crippen molar-refractivity contribution in [3.63, 3.8) is 0 Å². The fourth-order valence-electron chi connectivity index (χ4n) is 2.35. The SMILES string of the molecule is CCCCCNc1ccc(NS(=O)(=O)c2ccc(OC)c(OC)c2)nc1. The molecule has 1 aromatic heterocycles. The summed E-state index contributed by atoms with van der Waals surface area (Å²) in [7, 11) is -0.831. The molecular weight excluding hydrogens is 354 g/mol. The predicted molar refractivity (Wildman–Crippen MR) is 103 cm³/mol. The largest absolute Gasteiger partial charge is 0.493 e. The van der Waals surface area contributed by atoms with Crippen LogP contribution in [-0.2, 0) is 10.0 Å². The first-order valence-electron chi connectivity index (χ1n) is 8.45. The molecule has 0 aliphatic carbocycles. The average Bonchev–Trinajstić information content (AvgIpc) is 2.65. The van der Waals surface area contributed by atoms with Gasteiger partial charge in [0, 0.05) is 12.6 Å². The first-order valence-corrected chi connectivity index (χ1v) is 9.93. The van der Waals surface area contributed by atoms with Gasteiger partial charge in [0.05, 0.1) is 31.0 Å². The van der Waals surface area contributed by atoms with Gasteiger partial charge in [0.25, 0.3) is 10.0 Å². The number of benzene rings is 1. The number of methoxy groups -OCH3 is 2. The van der Waals surface area contributed by atoms with Gasteiger partial charge in [-0.2, -0.15) is 0 Å². The summed E-state index contributed by atoms with van der Waals surface area (Å²) in [5, 5.41) is 3.26. The highest BCUT2D eigenvalue weighted by atomic mass is 32.2. The molecule has 1 heterocycles. The maximum absolute atomic E-state index is 12.5. The molecule has 0 saturated carbocycles. The monoisotopic (exact) mass is 379 g/mol. The molecule has 0 aliphatic rings. The lowest BCUT2D eigenvalue weighted by Crippen LogP contribution is -2.14. The standard InChI is InChI=1S/C18H25N3O4S/c1-4-5-6-11-19-14-7-10-18(20-13-14)21-26(22,23)15-8-9-16(24-2)17(12-15)25-3/h7-10,12-13,19H,4-6,11H2,1-3H3,(H,20,21). The van der Waals surface area contributed by atoms with Crippen LogP contribution in [0, 0.1) is 0 Å². The quantitative estimate of drug-likeness (QED) is 0.614. The molecule has 0 saturated heterocycles. The number of sulfonamides is 1. The van der Waals surface area contributed by atoms with Gasteiger partial charge in [-0.15, -0.1) is 0 Å². The number of nitrogens with one attached hydrogen (secondary N) is 2. The van der Waals surface area contributed by atoms with Crippen molar-refractivity contribution in [1.82, 2.24) is 4.98 Å². The third-order valence-corrected chi connectivity index (χ3v) is 5.13. The Hall–Kier alpha value is -2.48. The Kier molecular flexibility index (Phi) is 7.08. The van der Waals surface area contributed by atoms with E-state index in [1.165, 1.54) is 32.8 Å². The van der Waals surface area contributed by atoms with Crippen LogP contribution < -0.4 is 19.5 Å². The van der Waals surface area contributed by atoms with Crippen LogP contribution in [0.25, 0.3) is 0 Å². The van der Waals surface area contributed by atoms with E-state index in [4.69, 9.17) is 9.47 Å². The lowest BCUT2D eigenvalue weighted by molar-refractivity contribution is 0.354. The topological polar surface area (TPSA) is 89.5 Å². The summed E-state index contributed by atoms with van der Waals surface area (Å²) in [6, 6.07) is 7.83. The molecule has 0 spiro atoms. The molecule has 2 rings (SSSR count). The van der Waals surface area contributed by atoms with Gasteiger partial charge in [-0.25, -0.2) is 13.4 Å². The Labute approximate surface area is 154 Å². The molecule has 0 atom stereocenters. The molecule has 0 unspecified atom stereocenters. The highest BCUT2D eigenvalue weighted by Gasteiger charge is 2.17. The molecule has 8 heteroatoms. The number of pyridine rings is 1. The minimum atomic E-state index is -3.78. The average molecular weight is 379 g/mol. The van der Waals surface area contributed by atoms with Gasteiger partial charge in [-0.1, -0.05) is 19.8 Å². The van der Waals surface area contributed by atoms with Crippen molar-refractivity contribution in [1.29, 1.82) is 0 Å². The summed E-state index contributed by atoms with van der Waals surface area (Å²) in [4.78, 5) is 4.22. The zero-order chi connectivity index (χ0) is 19.0. The van der Waals surface area contributed by atoms with Crippen LogP contribution in [0.1, 0.15) is 26.2 Å². The van der Waals surface area contributed by atoms with Crippen molar-refractivity contribution in [3.8, 4) is 11.5 Å². The van der Waals surface area contributed by atoms with E-state index in [-0.39, 0.29) is 10.7 Å². The minimum absolute atomic E-state index is 0.0683. The second-order valence-electron chi connectivity index (χ2n) is 5.69. The fraction of sp³-hybridized carbons (Fsp3) is 0.389. The second kappa shape index (κ2) is 9.28. The van der Waals surface area contributed by atoms with Gasteiger partial charge in [0.1, 0.15) is 5.82 Å². The smallest absolute Gasteiger partial charge is 0.263 e. The van der Waals surface area contributed by atoms with Gasteiger partial charge in [-0.05, 0) is 30.7 Å². The molecule has 26 heavy (non-hydrogen) atoms. The molecule has 0 amide bonds. The van der Waals surface area contributed by atoms with Crippen molar-refractivity contribution in [2.75, 3.05) is 30.8 Å². The summed E-state index contributed by atoms with van der Waals surface area (Å²) in [5.74, 6) is 1.05. The molecule has 0 radical (unpaired) electrons. The highest BCUT2D eigenvalue weighted by Crippen LogP contribution is 2.30. The lowest BCUT2D eigenvalue weighted by Gasteiger charge is -2.12. The molecule has 7 nitrogen and oxygen atoms in total. The van der Waals surface area contributed by atoms with Gasteiger partial charge >= 0.3 is 0 Å². The number of hydrogen-bond acceptors (Lipinski definition) is 6. The zero-order valence-corrected chi connectivity index (χ0v) is 16.1. The molecule has 2 N–H and O–H groups in total. The van der Waals surface area contributed by atoms with Crippen LogP contribution in [0.5, 0.6) is 11.5 Å². The van der Waals surface area contributed by atoms with E-state index < -0.39 is 10.0 Å². The van der Waals surface area contributed by atoms with E-state index in [0.717, 1.165) is 25.1 Å². The number of aromatic nitrogens is 1. The van der Waals surface area contributed by atoms with E-state index >= 15 is 0 Å². The van der Waals surface area contributed by atoms with Gasteiger partial charge < -0.3 is 14.8 Å². The van der Waals surface area contributed by atoms with Gasteiger partial charge in [0.15, 0.2) is 11.5 Å². The van der Waals surface area contributed by atoms with Crippen molar-refractivity contribution in [2.24, 2.45) is 0 Å². The number of hydrogen-bond donors (Lipinski definition) is 2. The molecule has 0 fully saturated rings. The molecular formula is C18H25N3O4S. The Morgan fingerprint density at radius 3 is 2.42 bits per heavy atom. The fourth-order valence-corrected chi connectivity index (χ4v) is 3.37. The third kappa shape index (κ3) is 5.26. The van der Waals surface area contributed by atoms with Crippen LogP contribution in [0.15, 0.2) is 41.4 Å². The number of rotatable bonds is 10. The lowest BCUT2D eigenvalue weighted by atomic mass is 10.2. The second-order valence-corrected chi connectivity index (χ2v) is 7.37. The Morgan fingerprint density at radius 1 is 1.04 bits per heavy atom. The Balaban J connectivity index is 2.07. The van der Waals surface area contributed by atoms with E-state index in [2.05, 4.69) is 21.9 Å². The van der Waals surface area contributed by atoms with E-state index in [0.29, 0.717) is 11.5 Å². The first kappa shape index (κ1) is 19.8. The molecule has 2 aromatic rings. The minimum Gasteiger partial charge on any atom is -0.493 e. The van der Waals surface area contributed by atoms with Crippen LogP contribution in [0.4, 0.5) is 11.5 Å². The van der Waals surface area contributed by atoms with Crippen molar-refractivity contribution in [3.05, 3.63) is 36.5 Å². The summed E-state index contributed by atoms with van der Waals surface area (Å²) in [6.07, 6.45) is 5.03. The van der Waals surface area contributed by atoms with Gasteiger partial charge in [0.2, 0.25) is 0 Å². The van der Waals surface area contributed by atoms with E-state index in [1.807, 2.05) is 0 Å². The summed E-state index contributed by atoms with van der Waals surface area (Å²) in [5.41, 5.74) is 0.857. The van der Waals surface area contributed by atoms with Crippen molar-refractivity contribution < 1.29 is 17.9 Å². The normalized spacial score (nSPS) is 11.0. The summed E-state index contributed by atoms with van der Waals surface area (Å²) >= 11 is 0. The predicted octanol–water partition coefficient (Wildman–Crippen LogP) is 3.50. The number of nitrogens with zero attached hydrogens (tertiary/aromatic N) is 1. The number of unbranched alkanes of at least 4 members (excludes halogenated alkanes) is 2. The van der Waals surface area contributed by atoms with Crippen molar-refractivity contribution in [2.45, 2.75) is 31.1 Å². The zero-order valence-electron chi connectivity index (χ0n) is 15.3. The number of anilines is 2. The Morgan fingerprint density at radius 2 is 1.81 bits per heavy atom. The van der Waals surface area contributed by atoms with Crippen LogP contribution in [0.3, 0.4) is 0 Å². The van der Waals surface area contributed by atoms with E-state index in [1.54, 1.807) is 24.4 Å². The van der Waals surface area contributed by atoms with Crippen LogP contribution in [0.2, 0.25) is 0 Å². The molecule has 1 aromatic carbocycles. The van der Waals surface area contributed by atoms with Gasteiger partial charge in [-0.3, -0.25) is 4.72 Å². The summed E-state index contributed by atoms with van der Waals surface area (Å²) < 4.78 is 37.8. The third-order valence-electron chi connectivity index (χ3n) is 3.78. The molecule has 0 aliphatic heterocycles. The Bertz CT molecular complexity index is 808. The maximum atomic E-state index is 12.5. The molecule has 0 bridgehead atoms. The summed E-state index contributed by atoms with van der Waals surface area (Å²) in [6.45, 7) is 3.02. The van der Waals surface area contributed by atoms with E-state index in [9.17, 15) is 8.42 Å². The molecule has 142 valence electrons.